The standard InChI is InChI=1S/C16H13ClN4O4.C15H11ClN4O4/c1-24-15(22)13-14(16(23)25-2)20-21(19-13)8-9-3-4-12-10(5-9)6-11(17)7-18-12;1-24-15(23)13-12(14(21)22)18-20(19-13)7-8-2-3-11-9(4-8)5-10(16)6-17-11/h3-7H,8H2,1-2H3;2-6H,7H2,1H3,(H,21,22). The van der Waals surface area contributed by atoms with Gasteiger partial charge in [0, 0.05) is 23.2 Å². The zero-order valence-corrected chi connectivity index (χ0v) is 27.3. The first-order valence-corrected chi connectivity index (χ1v) is 14.7. The lowest BCUT2D eigenvalue weighted by Crippen LogP contribution is -2.11. The molecule has 6 aromatic rings. The third kappa shape index (κ3) is 7.94. The zero-order chi connectivity index (χ0) is 35.2. The van der Waals surface area contributed by atoms with Crippen LogP contribution in [0.2, 0.25) is 10.0 Å². The molecule has 2 aromatic carbocycles. The largest absolute Gasteiger partial charge is 0.476 e. The van der Waals surface area contributed by atoms with Crippen molar-refractivity contribution in [2.75, 3.05) is 21.3 Å². The molecule has 1 N–H and O–H groups in total. The van der Waals surface area contributed by atoms with Crippen molar-refractivity contribution in [3.63, 3.8) is 0 Å². The highest BCUT2D eigenvalue weighted by Gasteiger charge is 2.26. The summed E-state index contributed by atoms with van der Waals surface area (Å²) in [6, 6.07) is 14.6. The van der Waals surface area contributed by atoms with Crippen molar-refractivity contribution in [3.8, 4) is 0 Å². The summed E-state index contributed by atoms with van der Waals surface area (Å²) in [4.78, 5) is 57.1. The Labute approximate surface area is 286 Å². The number of ether oxygens (including phenoxy) is 3. The minimum absolute atomic E-state index is 0.180. The number of fused-ring (bicyclic) bond motifs is 2. The molecule has 0 fully saturated rings. The summed E-state index contributed by atoms with van der Waals surface area (Å²) in [6.45, 7) is 0.420. The molecule has 16 nitrogen and oxygen atoms in total. The van der Waals surface area contributed by atoms with Gasteiger partial charge in [-0.15, -0.1) is 20.4 Å². The highest BCUT2D eigenvalue weighted by molar-refractivity contribution is 6.31. The SMILES string of the molecule is COC(=O)c1nn(Cc2ccc3ncc(Cl)cc3c2)nc1C(=O)O.COC(=O)c1nn(Cc2ccc3ncc(Cl)cc3c2)nc1C(=O)OC. The van der Waals surface area contributed by atoms with Gasteiger partial charge in [0.1, 0.15) is 0 Å². The number of benzene rings is 2. The van der Waals surface area contributed by atoms with E-state index in [9.17, 15) is 19.2 Å². The zero-order valence-electron chi connectivity index (χ0n) is 25.8. The molecule has 0 saturated heterocycles. The van der Waals surface area contributed by atoms with Gasteiger partial charge >= 0.3 is 23.9 Å². The quantitative estimate of drug-likeness (QED) is 0.175. The second-order valence-corrected chi connectivity index (χ2v) is 10.9. The fourth-order valence-corrected chi connectivity index (χ4v) is 4.85. The van der Waals surface area contributed by atoms with Gasteiger partial charge in [0.15, 0.2) is 0 Å². The Hall–Kier alpha value is -6.00. The van der Waals surface area contributed by atoms with E-state index < -0.39 is 29.6 Å². The van der Waals surface area contributed by atoms with E-state index in [0.29, 0.717) is 10.0 Å². The molecule has 0 saturated carbocycles. The number of pyridine rings is 2. The molecule has 4 aromatic heterocycles. The second-order valence-electron chi connectivity index (χ2n) is 10.00. The summed E-state index contributed by atoms with van der Waals surface area (Å²) in [5.41, 5.74) is 2.04. The number of aromatic nitrogens is 8. The van der Waals surface area contributed by atoms with Crippen molar-refractivity contribution in [1.82, 2.24) is 40.0 Å². The number of rotatable bonds is 8. The Balaban J connectivity index is 0.000000191. The van der Waals surface area contributed by atoms with E-state index in [4.69, 9.17) is 28.3 Å². The highest BCUT2D eigenvalue weighted by Crippen LogP contribution is 2.20. The predicted molar refractivity (Wildman–Crippen MR) is 173 cm³/mol. The third-order valence-corrected chi connectivity index (χ3v) is 7.14. The molecular weight excluding hydrogens is 683 g/mol. The van der Waals surface area contributed by atoms with Crippen LogP contribution in [-0.2, 0) is 27.3 Å². The Morgan fingerprint density at radius 3 is 1.35 bits per heavy atom. The van der Waals surface area contributed by atoms with Crippen LogP contribution in [0.5, 0.6) is 0 Å². The first kappa shape index (κ1) is 34.3. The van der Waals surface area contributed by atoms with E-state index in [2.05, 4.69) is 44.6 Å². The average molecular weight is 707 g/mol. The summed E-state index contributed by atoms with van der Waals surface area (Å²) >= 11 is 11.9. The number of nitrogens with zero attached hydrogens (tertiary/aromatic N) is 8. The normalized spacial score (nSPS) is 10.7. The molecule has 18 heteroatoms. The third-order valence-electron chi connectivity index (χ3n) is 6.72. The van der Waals surface area contributed by atoms with Gasteiger partial charge in [0.25, 0.3) is 0 Å². The summed E-state index contributed by atoms with van der Waals surface area (Å²) in [5, 5.41) is 27.7. The highest BCUT2D eigenvalue weighted by atomic mass is 35.5. The average Bonchev–Trinajstić information content (AvgIpc) is 3.72. The maximum atomic E-state index is 11.8. The number of carbonyl (C=O) groups is 4. The molecule has 0 radical (unpaired) electrons. The van der Waals surface area contributed by atoms with Crippen LogP contribution in [0.25, 0.3) is 21.8 Å². The maximum Gasteiger partial charge on any atom is 0.361 e. The van der Waals surface area contributed by atoms with Gasteiger partial charge in [0.2, 0.25) is 22.8 Å². The number of esters is 3. The molecule has 0 aliphatic rings. The molecule has 6 rings (SSSR count). The summed E-state index contributed by atoms with van der Waals surface area (Å²) in [7, 11) is 3.54. The minimum atomic E-state index is -1.35. The van der Waals surface area contributed by atoms with Crippen LogP contribution in [-0.4, -0.2) is 90.3 Å². The number of methoxy groups -OCH3 is 3. The molecule has 0 bridgehead atoms. The fraction of sp³-hybridized carbons (Fsp3) is 0.161. The van der Waals surface area contributed by atoms with Crippen LogP contribution >= 0.6 is 23.2 Å². The van der Waals surface area contributed by atoms with Crippen molar-refractivity contribution < 1.29 is 38.5 Å². The van der Waals surface area contributed by atoms with Gasteiger partial charge in [-0.1, -0.05) is 35.3 Å². The number of halogens is 2. The summed E-state index contributed by atoms with van der Waals surface area (Å²) < 4.78 is 13.8. The number of hydrogen-bond donors (Lipinski definition) is 1. The van der Waals surface area contributed by atoms with E-state index in [-0.39, 0.29) is 30.2 Å². The predicted octanol–water partition coefficient (Wildman–Crippen LogP) is 4.11. The maximum absolute atomic E-state index is 11.8. The van der Waals surface area contributed by atoms with E-state index in [1.807, 2.05) is 36.4 Å². The molecule has 0 unspecified atom stereocenters. The van der Waals surface area contributed by atoms with Crippen LogP contribution in [0.1, 0.15) is 53.1 Å². The first-order chi connectivity index (χ1) is 23.5. The van der Waals surface area contributed by atoms with Crippen LogP contribution in [0.4, 0.5) is 0 Å². The second kappa shape index (κ2) is 14.8. The Morgan fingerprint density at radius 1 is 0.612 bits per heavy atom. The lowest BCUT2D eigenvalue weighted by molar-refractivity contribution is 0.0548. The van der Waals surface area contributed by atoms with E-state index in [1.54, 1.807) is 24.5 Å². The number of hydrogen-bond acceptors (Lipinski definition) is 13. The first-order valence-electron chi connectivity index (χ1n) is 14.0. The van der Waals surface area contributed by atoms with Crippen molar-refractivity contribution in [1.29, 1.82) is 0 Å². The van der Waals surface area contributed by atoms with E-state index in [0.717, 1.165) is 44.8 Å². The van der Waals surface area contributed by atoms with E-state index in [1.165, 1.54) is 19.0 Å². The van der Waals surface area contributed by atoms with Gasteiger partial charge in [-0.05, 0) is 47.5 Å². The van der Waals surface area contributed by atoms with Crippen molar-refractivity contribution in [3.05, 3.63) is 105 Å². The van der Waals surface area contributed by atoms with E-state index >= 15 is 0 Å². The van der Waals surface area contributed by atoms with Gasteiger partial charge in [-0.25, -0.2) is 19.2 Å². The molecule has 0 aliphatic carbocycles. The number of carboxylic acids is 1. The number of carboxylic acid groups (broad SMARTS) is 1. The fourth-order valence-electron chi connectivity index (χ4n) is 4.52. The number of carbonyl (C=O) groups excluding carboxylic acids is 3. The van der Waals surface area contributed by atoms with Crippen LogP contribution in [0.3, 0.4) is 0 Å². The van der Waals surface area contributed by atoms with Crippen molar-refractivity contribution >= 4 is 68.9 Å². The minimum Gasteiger partial charge on any atom is -0.476 e. The Morgan fingerprint density at radius 2 is 0.980 bits per heavy atom. The van der Waals surface area contributed by atoms with Crippen LogP contribution in [0.15, 0.2) is 60.9 Å². The topological polar surface area (TPSA) is 203 Å². The summed E-state index contributed by atoms with van der Waals surface area (Å²) in [5.74, 6) is -3.73. The molecular formula is C31H24Cl2N8O8. The lowest BCUT2D eigenvalue weighted by Gasteiger charge is -2.03. The van der Waals surface area contributed by atoms with Crippen molar-refractivity contribution in [2.45, 2.75) is 13.1 Å². The Bertz CT molecular complexity index is 2200. The van der Waals surface area contributed by atoms with Gasteiger partial charge in [-0.2, -0.15) is 9.59 Å². The van der Waals surface area contributed by atoms with Crippen molar-refractivity contribution in [2.24, 2.45) is 0 Å². The van der Waals surface area contributed by atoms with Gasteiger partial charge in [-0.3, -0.25) is 9.97 Å². The molecule has 0 atom stereocenters. The van der Waals surface area contributed by atoms with Gasteiger partial charge in [0.05, 0.1) is 55.5 Å². The molecule has 4 heterocycles. The molecule has 0 spiro atoms. The molecule has 0 amide bonds. The smallest absolute Gasteiger partial charge is 0.361 e. The molecule has 250 valence electrons. The van der Waals surface area contributed by atoms with Crippen LogP contribution < -0.4 is 0 Å². The molecule has 0 aliphatic heterocycles. The lowest BCUT2D eigenvalue weighted by atomic mass is 10.1. The number of aromatic carboxylic acids is 1. The monoisotopic (exact) mass is 706 g/mol. The van der Waals surface area contributed by atoms with Crippen LogP contribution in [0, 0.1) is 0 Å². The Kier molecular flexibility index (Phi) is 10.4. The molecule has 49 heavy (non-hydrogen) atoms. The van der Waals surface area contributed by atoms with Gasteiger partial charge < -0.3 is 19.3 Å². The summed E-state index contributed by atoms with van der Waals surface area (Å²) in [6.07, 6.45) is 3.13.